The molecular weight excluding hydrogens is 260 g/mol. The molecule has 2 rings (SSSR count). The Hall–Kier alpha value is -2.13. The van der Waals surface area contributed by atoms with Crippen LogP contribution in [0.25, 0.3) is 0 Å². The van der Waals surface area contributed by atoms with Crippen molar-refractivity contribution in [3.63, 3.8) is 0 Å². The van der Waals surface area contributed by atoms with Crippen LogP contribution in [0, 0.1) is 6.92 Å². The van der Waals surface area contributed by atoms with Crippen molar-refractivity contribution in [1.29, 1.82) is 0 Å². The monoisotopic (exact) mass is 272 g/mol. The number of benzene rings is 2. The minimum absolute atomic E-state index is 0.322. The van der Waals surface area contributed by atoms with Gasteiger partial charge in [0.1, 0.15) is 0 Å². The smallest absolute Gasteiger partial charge is 0.267 e. The number of hydrogen-bond acceptors (Lipinski definition) is 2. The van der Waals surface area contributed by atoms with Crippen LogP contribution in [0.5, 0.6) is 0 Å². The van der Waals surface area contributed by atoms with Gasteiger partial charge in [0.15, 0.2) is 0 Å². The van der Waals surface area contributed by atoms with Gasteiger partial charge in [0.2, 0.25) is 0 Å². The van der Waals surface area contributed by atoms with Gasteiger partial charge in [0, 0.05) is 0 Å². The predicted molar refractivity (Wildman–Crippen MR) is 77.7 cm³/mol. The van der Waals surface area contributed by atoms with E-state index < -0.39 is 0 Å². The van der Waals surface area contributed by atoms with E-state index in [2.05, 4.69) is 10.5 Å². The van der Waals surface area contributed by atoms with Gasteiger partial charge in [0.05, 0.1) is 16.8 Å². The summed E-state index contributed by atoms with van der Waals surface area (Å²) < 4.78 is 0. The van der Waals surface area contributed by atoms with Gasteiger partial charge in [-0.05, 0) is 30.2 Å². The summed E-state index contributed by atoms with van der Waals surface area (Å²) in [7, 11) is 0. The molecule has 96 valence electrons. The van der Waals surface area contributed by atoms with E-state index in [-0.39, 0.29) is 5.91 Å². The quantitative estimate of drug-likeness (QED) is 0.675. The zero-order valence-electron chi connectivity index (χ0n) is 10.4. The van der Waals surface area contributed by atoms with Crippen LogP contribution < -0.4 is 5.43 Å². The first kappa shape index (κ1) is 13.3. The van der Waals surface area contributed by atoms with Crippen LogP contribution in [0.4, 0.5) is 0 Å². The van der Waals surface area contributed by atoms with Crippen molar-refractivity contribution >= 4 is 23.7 Å². The summed E-state index contributed by atoms with van der Waals surface area (Å²) in [6.07, 6.45) is 1.58. The van der Waals surface area contributed by atoms with Gasteiger partial charge in [-0.1, -0.05) is 48.0 Å². The Bertz CT molecular complexity index is 609. The van der Waals surface area contributed by atoms with Crippen LogP contribution in [-0.2, 0) is 0 Å². The van der Waals surface area contributed by atoms with Crippen molar-refractivity contribution in [1.82, 2.24) is 5.43 Å². The molecule has 0 bridgehead atoms. The summed E-state index contributed by atoms with van der Waals surface area (Å²) in [5.41, 5.74) is 4.79. The highest BCUT2D eigenvalue weighted by molar-refractivity contribution is 6.33. The van der Waals surface area contributed by atoms with Crippen LogP contribution in [0.1, 0.15) is 21.5 Å². The van der Waals surface area contributed by atoms with E-state index in [1.807, 2.05) is 43.3 Å². The largest absolute Gasteiger partial charge is 0.272 e. The molecule has 19 heavy (non-hydrogen) atoms. The molecule has 2 aromatic rings. The Labute approximate surface area is 116 Å². The number of nitrogens with zero attached hydrogens (tertiary/aromatic N) is 1. The molecule has 0 heterocycles. The van der Waals surface area contributed by atoms with E-state index in [0.29, 0.717) is 10.6 Å². The highest BCUT2D eigenvalue weighted by Crippen LogP contribution is 2.17. The van der Waals surface area contributed by atoms with E-state index in [9.17, 15) is 4.79 Å². The zero-order chi connectivity index (χ0) is 13.7. The molecule has 1 N–H and O–H groups in total. The van der Waals surface area contributed by atoms with Gasteiger partial charge in [-0.2, -0.15) is 5.10 Å². The summed E-state index contributed by atoms with van der Waals surface area (Å²) in [5.74, 6) is -0.322. The fourth-order valence-corrected chi connectivity index (χ4v) is 1.89. The third kappa shape index (κ3) is 3.66. The number of hydrogen-bond donors (Lipinski definition) is 1. The molecule has 4 heteroatoms. The first-order valence-electron chi connectivity index (χ1n) is 5.81. The fraction of sp³-hybridized carbons (Fsp3) is 0.0667. The number of rotatable bonds is 3. The summed E-state index contributed by atoms with van der Waals surface area (Å²) in [6, 6.07) is 14.8. The topological polar surface area (TPSA) is 41.5 Å². The number of hydrazone groups is 1. The summed E-state index contributed by atoms with van der Waals surface area (Å²) in [6.45, 7) is 1.92. The molecule has 0 aliphatic heterocycles. The number of halogens is 1. The van der Waals surface area contributed by atoms with Gasteiger partial charge >= 0.3 is 0 Å². The normalized spacial score (nSPS) is 10.6. The average Bonchev–Trinajstić information content (AvgIpc) is 2.39. The average molecular weight is 273 g/mol. The lowest BCUT2D eigenvalue weighted by atomic mass is 10.1. The Morgan fingerprint density at radius 3 is 2.63 bits per heavy atom. The van der Waals surface area contributed by atoms with Crippen molar-refractivity contribution in [3.05, 3.63) is 70.2 Å². The number of nitrogens with one attached hydrogen (secondary N) is 1. The van der Waals surface area contributed by atoms with Gasteiger partial charge in [-0.15, -0.1) is 0 Å². The van der Waals surface area contributed by atoms with Gasteiger partial charge in [0.25, 0.3) is 5.91 Å². The van der Waals surface area contributed by atoms with Crippen molar-refractivity contribution in [3.8, 4) is 0 Å². The minimum atomic E-state index is -0.322. The summed E-state index contributed by atoms with van der Waals surface area (Å²) in [5, 5.41) is 4.32. The molecule has 0 saturated heterocycles. The van der Waals surface area contributed by atoms with Crippen LogP contribution in [0.15, 0.2) is 53.6 Å². The zero-order valence-corrected chi connectivity index (χ0v) is 11.2. The van der Waals surface area contributed by atoms with Crippen molar-refractivity contribution in [2.75, 3.05) is 0 Å². The lowest BCUT2D eigenvalue weighted by Gasteiger charge is -2.03. The number of aryl methyl sites for hydroxylation is 1. The lowest BCUT2D eigenvalue weighted by Crippen LogP contribution is -2.18. The second-order valence-electron chi connectivity index (χ2n) is 4.09. The second-order valence-corrected chi connectivity index (χ2v) is 4.50. The molecule has 0 atom stereocenters. The van der Waals surface area contributed by atoms with Crippen molar-refractivity contribution in [2.45, 2.75) is 6.92 Å². The maximum absolute atomic E-state index is 11.9. The van der Waals surface area contributed by atoms with Gasteiger partial charge < -0.3 is 0 Å². The van der Waals surface area contributed by atoms with E-state index in [1.54, 1.807) is 18.3 Å². The highest BCUT2D eigenvalue weighted by Gasteiger charge is 2.08. The molecular formula is C15H13ClN2O. The molecule has 1 amide bonds. The minimum Gasteiger partial charge on any atom is -0.267 e. The molecule has 0 spiro atoms. The first-order valence-corrected chi connectivity index (χ1v) is 6.19. The van der Waals surface area contributed by atoms with Crippen molar-refractivity contribution < 1.29 is 4.79 Å². The predicted octanol–water partition coefficient (Wildman–Crippen LogP) is 3.41. The summed E-state index contributed by atoms with van der Waals surface area (Å²) in [4.78, 5) is 11.9. The number of carbonyl (C=O) groups excluding carboxylic acids is 1. The van der Waals surface area contributed by atoms with E-state index in [4.69, 9.17) is 11.6 Å². The molecule has 0 aliphatic rings. The van der Waals surface area contributed by atoms with E-state index >= 15 is 0 Å². The third-order valence-corrected chi connectivity index (χ3v) is 2.86. The highest BCUT2D eigenvalue weighted by atomic mass is 35.5. The maximum atomic E-state index is 11.9. The van der Waals surface area contributed by atoms with Crippen LogP contribution in [-0.4, -0.2) is 12.1 Å². The molecule has 0 saturated carbocycles. The maximum Gasteiger partial charge on any atom is 0.272 e. The molecule has 0 radical (unpaired) electrons. The molecule has 3 nitrogen and oxygen atoms in total. The van der Waals surface area contributed by atoms with Crippen LogP contribution >= 0.6 is 11.6 Å². The van der Waals surface area contributed by atoms with Gasteiger partial charge in [-0.3, -0.25) is 4.79 Å². The fourth-order valence-electron chi connectivity index (χ4n) is 1.57. The second kappa shape index (κ2) is 6.16. The van der Waals surface area contributed by atoms with Crippen molar-refractivity contribution in [2.24, 2.45) is 5.10 Å². The Morgan fingerprint density at radius 2 is 1.95 bits per heavy atom. The molecule has 2 aromatic carbocycles. The molecule has 0 unspecified atom stereocenters. The Morgan fingerprint density at radius 1 is 1.21 bits per heavy atom. The van der Waals surface area contributed by atoms with Crippen LogP contribution in [0.3, 0.4) is 0 Å². The van der Waals surface area contributed by atoms with E-state index in [0.717, 1.165) is 11.1 Å². The SMILES string of the molecule is Cc1ccc(C(=O)N/N=C\c2ccccc2)c(Cl)c1. The summed E-state index contributed by atoms with van der Waals surface area (Å²) >= 11 is 6.01. The Balaban J connectivity index is 2.04. The van der Waals surface area contributed by atoms with Gasteiger partial charge in [-0.25, -0.2) is 5.43 Å². The third-order valence-electron chi connectivity index (χ3n) is 2.55. The molecule has 0 aromatic heterocycles. The standard InChI is InChI=1S/C15H13ClN2O/c1-11-7-8-13(14(16)9-11)15(19)18-17-10-12-5-3-2-4-6-12/h2-10H,1H3,(H,18,19)/b17-10-. The Kier molecular flexibility index (Phi) is 4.31. The number of carbonyl (C=O) groups is 1. The molecule has 0 fully saturated rings. The number of amides is 1. The van der Waals surface area contributed by atoms with E-state index in [1.165, 1.54) is 0 Å². The van der Waals surface area contributed by atoms with Crippen LogP contribution in [0.2, 0.25) is 5.02 Å². The first-order chi connectivity index (χ1) is 9.16. The molecule has 0 aliphatic carbocycles. The lowest BCUT2D eigenvalue weighted by molar-refractivity contribution is 0.0955.